The summed E-state index contributed by atoms with van der Waals surface area (Å²) in [6, 6.07) is 0. The predicted molar refractivity (Wildman–Crippen MR) is 49.8 cm³/mol. The number of hydrogen-bond donors (Lipinski definition) is 2. The number of carbonyl (C=O) groups is 2. The molecule has 15 heavy (non-hydrogen) atoms. The van der Waals surface area contributed by atoms with Gasteiger partial charge in [-0.2, -0.15) is 5.21 Å². The van der Waals surface area contributed by atoms with E-state index in [2.05, 4.69) is 25.9 Å². The lowest BCUT2D eigenvalue weighted by Gasteiger charge is -2.09. The molecule has 0 atom stereocenters. The summed E-state index contributed by atoms with van der Waals surface area (Å²) in [5, 5.41) is 14.9. The first kappa shape index (κ1) is 11.1. The average molecular weight is 212 g/mol. The van der Waals surface area contributed by atoms with E-state index in [0.717, 1.165) is 0 Å². The molecule has 0 spiro atoms. The van der Waals surface area contributed by atoms with Crippen LogP contribution in [0.5, 0.6) is 0 Å². The zero-order valence-corrected chi connectivity index (χ0v) is 8.52. The molecule has 0 bridgehead atoms. The zero-order chi connectivity index (χ0) is 11.3. The van der Waals surface area contributed by atoms with Gasteiger partial charge in [0.25, 0.3) is 11.7 Å². The van der Waals surface area contributed by atoms with E-state index in [0.29, 0.717) is 0 Å². The van der Waals surface area contributed by atoms with Gasteiger partial charge in [-0.05, 0) is 5.21 Å². The van der Waals surface area contributed by atoms with Gasteiger partial charge in [-0.1, -0.05) is 0 Å². The van der Waals surface area contributed by atoms with E-state index in [1.165, 1.54) is 4.90 Å². The fourth-order valence-electron chi connectivity index (χ4n) is 0.844. The van der Waals surface area contributed by atoms with Crippen LogP contribution in [0.4, 0.5) is 0 Å². The molecule has 0 aliphatic heterocycles. The van der Waals surface area contributed by atoms with Gasteiger partial charge in [0.15, 0.2) is 0 Å². The third-order valence-electron chi connectivity index (χ3n) is 1.67. The highest BCUT2D eigenvalue weighted by Gasteiger charge is 2.10. The smallest absolute Gasteiger partial charge is 0.292 e. The fourth-order valence-corrected chi connectivity index (χ4v) is 0.844. The first-order valence-electron chi connectivity index (χ1n) is 4.33. The Morgan fingerprint density at radius 1 is 1.47 bits per heavy atom. The maximum Gasteiger partial charge on any atom is 0.292 e. The monoisotopic (exact) mass is 212 g/mol. The van der Waals surface area contributed by atoms with Crippen molar-refractivity contribution >= 4 is 11.8 Å². The minimum absolute atomic E-state index is 0.0349. The van der Waals surface area contributed by atoms with Gasteiger partial charge in [0.2, 0.25) is 5.91 Å². The minimum atomic E-state index is -0.449. The third-order valence-corrected chi connectivity index (χ3v) is 1.67. The summed E-state index contributed by atoms with van der Waals surface area (Å²) in [4.78, 5) is 23.8. The summed E-state index contributed by atoms with van der Waals surface area (Å²) in [6.45, 7) is 0.254. The van der Waals surface area contributed by atoms with E-state index in [1.807, 2.05) is 0 Å². The highest BCUT2D eigenvalue weighted by Crippen LogP contribution is 1.87. The fraction of sp³-hybridized carbons (Fsp3) is 0.571. The highest BCUT2D eigenvalue weighted by atomic mass is 16.2. The maximum atomic E-state index is 11.2. The molecular weight excluding hydrogens is 200 g/mol. The minimum Gasteiger partial charge on any atom is -0.349 e. The van der Waals surface area contributed by atoms with Crippen molar-refractivity contribution in [1.29, 1.82) is 0 Å². The van der Waals surface area contributed by atoms with Crippen LogP contribution in [0.2, 0.25) is 0 Å². The summed E-state index contributed by atoms with van der Waals surface area (Å²) in [6.07, 6.45) is 0.247. The van der Waals surface area contributed by atoms with Crippen molar-refractivity contribution in [1.82, 2.24) is 30.8 Å². The number of hydrogen-bond acceptors (Lipinski definition) is 5. The molecule has 0 saturated carbocycles. The van der Waals surface area contributed by atoms with Gasteiger partial charge in [0.1, 0.15) is 0 Å². The second-order valence-corrected chi connectivity index (χ2v) is 3.03. The van der Waals surface area contributed by atoms with Gasteiger partial charge >= 0.3 is 0 Å². The van der Waals surface area contributed by atoms with Crippen molar-refractivity contribution in [3.63, 3.8) is 0 Å². The number of H-pyrrole nitrogens is 1. The van der Waals surface area contributed by atoms with Crippen LogP contribution in [0.3, 0.4) is 0 Å². The van der Waals surface area contributed by atoms with Gasteiger partial charge < -0.3 is 10.2 Å². The molecule has 0 saturated heterocycles. The molecule has 0 fully saturated rings. The Bertz CT molecular complexity index is 333. The zero-order valence-electron chi connectivity index (χ0n) is 8.52. The van der Waals surface area contributed by atoms with Crippen molar-refractivity contribution in [3.8, 4) is 0 Å². The number of aromatic amines is 1. The van der Waals surface area contributed by atoms with Gasteiger partial charge in [0, 0.05) is 27.1 Å². The van der Waals surface area contributed by atoms with Crippen LogP contribution >= 0.6 is 0 Å². The molecule has 0 aliphatic rings. The average Bonchev–Trinajstić information content (AvgIpc) is 2.70. The van der Waals surface area contributed by atoms with E-state index in [9.17, 15) is 9.59 Å². The molecule has 1 aromatic heterocycles. The summed E-state index contributed by atoms with van der Waals surface area (Å²) in [5.41, 5.74) is 0. The van der Waals surface area contributed by atoms with E-state index in [4.69, 9.17) is 0 Å². The Balaban J connectivity index is 2.27. The number of carbonyl (C=O) groups excluding carboxylic acids is 2. The van der Waals surface area contributed by atoms with E-state index in [1.54, 1.807) is 14.1 Å². The second kappa shape index (κ2) is 5.03. The number of nitrogens with one attached hydrogen (secondary N) is 2. The molecular formula is C7H12N6O2. The second-order valence-electron chi connectivity index (χ2n) is 3.03. The van der Waals surface area contributed by atoms with Crippen LogP contribution < -0.4 is 5.32 Å². The van der Waals surface area contributed by atoms with Crippen LogP contribution in [0.15, 0.2) is 0 Å². The Labute approximate surface area is 86.0 Å². The molecule has 8 nitrogen and oxygen atoms in total. The standard InChI is InChI=1S/C7H12N6O2/c1-13(2)5(14)3-4-8-7(15)6-9-11-12-10-6/h3-4H2,1-2H3,(H,8,15)(H,9,10,11,12). The highest BCUT2D eigenvalue weighted by molar-refractivity contribution is 5.90. The number of aromatic nitrogens is 4. The first-order chi connectivity index (χ1) is 7.11. The molecule has 0 radical (unpaired) electrons. The normalized spacial score (nSPS) is 9.73. The van der Waals surface area contributed by atoms with Gasteiger partial charge in [-0.15, -0.1) is 10.2 Å². The molecule has 0 aromatic carbocycles. The predicted octanol–water partition coefficient (Wildman–Crippen LogP) is -1.59. The molecule has 2 amide bonds. The Kier molecular flexibility index (Phi) is 3.72. The molecule has 0 unspecified atom stereocenters. The van der Waals surface area contributed by atoms with E-state index < -0.39 is 5.91 Å². The molecule has 1 rings (SSSR count). The van der Waals surface area contributed by atoms with Crippen LogP contribution in [-0.2, 0) is 4.79 Å². The molecule has 0 aliphatic carbocycles. The SMILES string of the molecule is CN(C)C(=O)CCNC(=O)c1nn[nH]n1. The van der Waals surface area contributed by atoms with Crippen molar-refractivity contribution in [2.24, 2.45) is 0 Å². The number of nitrogens with zero attached hydrogens (tertiary/aromatic N) is 4. The largest absolute Gasteiger partial charge is 0.349 e. The van der Waals surface area contributed by atoms with Gasteiger partial charge in [-0.25, -0.2) is 0 Å². The van der Waals surface area contributed by atoms with Crippen LogP contribution in [0.25, 0.3) is 0 Å². The first-order valence-corrected chi connectivity index (χ1v) is 4.33. The van der Waals surface area contributed by atoms with Crippen molar-refractivity contribution in [3.05, 3.63) is 5.82 Å². The Morgan fingerprint density at radius 2 is 2.20 bits per heavy atom. The lowest BCUT2D eigenvalue weighted by Crippen LogP contribution is -2.30. The van der Waals surface area contributed by atoms with Crippen molar-refractivity contribution < 1.29 is 9.59 Å². The molecule has 2 N–H and O–H groups in total. The lowest BCUT2D eigenvalue weighted by atomic mass is 10.4. The molecule has 1 heterocycles. The summed E-state index contributed by atoms with van der Waals surface area (Å²) >= 11 is 0. The van der Waals surface area contributed by atoms with Crippen molar-refractivity contribution in [2.45, 2.75) is 6.42 Å². The van der Waals surface area contributed by atoms with Crippen molar-refractivity contribution in [2.75, 3.05) is 20.6 Å². The number of amides is 2. The molecule has 8 heteroatoms. The third kappa shape index (κ3) is 3.33. The Hall–Kier alpha value is -1.99. The Morgan fingerprint density at radius 3 is 2.73 bits per heavy atom. The number of rotatable bonds is 4. The molecule has 1 aromatic rings. The van der Waals surface area contributed by atoms with Crippen LogP contribution in [-0.4, -0.2) is 58.0 Å². The summed E-state index contributed by atoms with van der Waals surface area (Å²) < 4.78 is 0. The van der Waals surface area contributed by atoms with E-state index in [-0.39, 0.29) is 24.7 Å². The number of tetrazole rings is 1. The van der Waals surface area contributed by atoms with Gasteiger partial charge in [0.05, 0.1) is 0 Å². The molecule has 82 valence electrons. The van der Waals surface area contributed by atoms with E-state index >= 15 is 0 Å². The topological polar surface area (TPSA) is 104 Å². The quantitative estimate of drug-likeness (QED) is 0.626. The summed E-state index contributed by atoms with van der Waals surface area (Å²) in [7, 11) is 3.31. The summed E-state index contributed by atoms with van der Waals surface area (Å²) in [5.74, 6) is -0.536. The van der Waals surface area contributed by atoms with Gasteiger partial charge in [-0.3, -0.25) is 9.59 Å². The van der Waals surface area contributed by atoms with Crippen LogP contribution in [0.1, 0.15) is 17.0 Å². The van der Waals surface area contributed by atoms with Crippen LogP contribution in [0, 0.1) is 0 Å². The lowest BCUT2D eigenvalue weighted by molar-refractivity contribution is -0.128. The maximum absolute atomic E-state index is 11.2.